The topological polar surface area (TPSA) is 78.9 Å². The SMILES string of the molecule is CC1CCCC(N(C)c2nnccc2C(=N)N)C1. The van der Waals surface area contributed by atoms with Crippen molar-refractivity contribution in [2.75, 3.05) is 11.9 Å². The number of hydrogen-bond donors (Lipinski definition) is 2. The summed E-state index contributed by atoms with van der Waals surface area (Å²) >= 11 is 0. The van der Waals surface area contributed by atoms with E-state index in [0.717, 1.165) is 11.7 Å². The molecule has 1 saturated carbocycles. The summed E-state index contributed by atoms with van der Waals surface area (Å²) in [4.78, 5) is 2.14. The summed E-state index contributed by atoms with van der Waals surface area (Å²) in [5, 5.41) is 15.7. The van der Waals surface area contributed by atoms with Gasteiger partial charge in [-0.3, -0.25) is 5.41 Å². The van der Waals surface area contributed by atoms with Crippen LogP contribution in [0.1, 0.15) is 38.2 Å². The molecule has 98 valence electrons. The summed E-state index contributed by atoms with van der Waals surface area (Å²) in [6, 6.07) is 2.23. The minimum absolute atomic E-state index is 0.0515. The molecule has 0 radical (unpaired) electrons. The lowest BCUT2D eigenvalue weighted by atomic mass is 9.86. The Labute approximate surface area is 108 Å². The van der Waals surface area contributed by atoms with Gasteiger partial charge < -0.3 is 10.6 Å². The maximum Gasteiger partial charge on any atom is 0.162 e. The zero-order chi connectivity index (χ0) is 13.1. The number of anilines is 1. The molecule has 0 saturated heterocycles. The molecule has 2 unspecified atom stereocenters. The van der Waals surface area contributed by atoms with Crippen LogP contribution in [-0.2, 0) is 0 Å². The normalized spacial score (nSPS) is 23.7. The Hall–Kier alpha value is -1.65. The highest BCUT2D eigenvalue weighted by atomic mass is 15.3. The molecule has 0 aliphatic heterocycles. The van der Waals surface area contributed by atoms with Crippen LogP contribution < -0.4 is 10.6 Å². The average Bonchev–Trinajstić information content (AvgIpc) is 2.38. The van der Waals surface area contributed by atoms with Crippen LogP contribution in [0.25, 0.3) is 0 Å². The van der Waals surface area contributed by atoms with Gasteiger partial charge in [-0.2, -0.15) is 5.10 Å². The molecular formula is C13H21N5. The Bertz CT molecular complexity index is 431. The van der Waals surface area contributed by atoms with Gasteiger partial charge >= 0.3 is 0 Å². The molecule has 5 heteroatoms. The molecule has 0 amide bonds. The molecule has 2 rings (SSSR count). The van der Waals surface area contributed by atoms with Crippen molar-refractivity contribution in [3.05, 3.63) is 17.8 Å². The summed E-state index contributed by atoms with van der Waals surface area (Å²) in [6.07, 6.45) is 6.49. The van der Waals surface area contributed by atoms with Crippen molar-refractivity contribution in [3.63, 3.8) is 0 Å². The van der Waals surface area contributed by atoms with Crippen molar-refractivity contribution in [2.24, 2.45) is 11.7 Å². The van der Waals surface area contributed by atoms with Crippen molar-refractivity contribution in [1.29, 1.82) is 5.41 Å². The van der Waals surface area contributed by atoms with Crippen LogP contribution in [0.2, 0.25) is 0 Å². The molecule has 1 aliphatic carbocycles. The van der Waals surface area contributed by atoms with Gasteiger partial charge in [-0.15, -0.1) is 5.10 Å². The second kappa shape index (κ2) is 5.33. The summed E-state index contributed by atoms with van der Waals surface area (Å²) in [7, 11) is 2.03. The van der Waals surface area contributed by atoms with Gasteiger partial charge in [0.2, 0.25) is 0 Å². The zero-order valence-electron chi connectivity index (χ0n) is 11.1. The third kappa shape index (κ3) is 2.60. The average molecular weight is 247 g/mol. The number of nitrogen functional groups attached to an aromatic ring is 1. The standard InChI is InChI=1S/C13H21N5/c1-9-4-3-5-10(8-9)18(2)13-11(12(14)15)6-7-16-17-13/h6-7,9-10H,3-5,8H2,1-2H3,(H3,14,15). The highest BCUT2D eigenvalue weighted by Crippen LogP contribution is 2.29. The molecule has 1 aromatic rings. The van der Waals surface area contributed by atoms with E-state index in [9.17, 15) is 0 Å². The van der Waals surface area contributed by atoms with Gasteiger partial charge in [-0.25, -0.2) is 0 Å². The maximum atomic E-state index is 7.61. The molecule has 18 heavy (non-hydrogen) atoms. The summed E-state index contributed by atoms with van der Waals surface area (Å²) < 4.78 is 0. The van der Waals surface area contributed by atoms with Crippen LogP contribution in [-0.4, -0.2) is 29.1 Å². The Kier molecular flexibility index (Phi) is 3.79. The van der Waals surface area contributed by atoms with E-state index in [-0.39, 0.29) is 5.84 Å². The van der Waals surface area contributed by atoms with Gasteiger partial charge in [0.1, 0.15) is 5.84 Å². The lowest BCUT2D eigenvalue weighted by molar-refractivity contribution is 0.335. The van der Waals surface area contributed by atoms with Crippen LogP contribution in [0.4, 0.5) is 5.82 Å². The molecule has 0 bridgehead atoms. The molecule has 1 heterocycles. The van der Waals surface area contributed by atoms with E-state index in [4.69, 9.17) is 11.1 Å². The van der Waals surface area contributed by atoms with Crippen molar-refractivity contribution in [1.82, 2.24) is 10.2 Å². The van der Waals surface area contributed by atoms with Gasteiger partial charge in [-0.05, 0) is 24.8 Å². The highest BCUT2D eigenvalue weighted by molar-refractivity contribution is 5.99. The lowest BCUT2D eigenvalue weighted by Crippen LogP contribution is -2.37. The van der Waals surface area contributed by atoms with E-state index in [0.29, 0.717) is 11.6 Å². The molecule has 0 spiro atoms. The van der Waals surface area contributed by atoms with E-state index >= 15 is 0 Å². The zero-order valence-corrected chi connectivity index (χ0v) is 11.1. The van der Waals surface area contributed by atoms with Crippen LogP contribution in [0.15, 0.2) is 12.3 Å². The largest absolute Gasteiger partial charge is 0.384 e. The van der Waals surface area contributed by atoms with Crippen LogP contribution in [0, 0.1) is 11.3 Å². The summed E-state index contributed by atoms with van der Waals surface area (Å²) in [5.74, 6) is 1.53. The fraction of sp³-hybridized carbons (Fsp3) is 0.615. The van der Waals surface area contributed by atoms with Crippen molar-refractivity contribution in [3.8, 4) is 0 Å². The van der Waals surface area contributed by atoms with Crippen molar-refractivity contribution in [2.45, 2.75) is 38.6 Å². The summed E-state index contributed by atoms with van der Waals surface area (Å²) in [6.45, 7) is 2.29. The minimum Gasteiger partial charge on any atom is -0.384 e. The third-order valence-corrected chi connectivity index (χ3v) is 3.78. The third-order valence-electron chi connectivity index (χ3n) is 3.78. The molecule has 2 atom stereocenters. The first-order chi connectivity index (χ1) is 8.59. The predicted molar refractivity (Wildman–Crippen MR) is 72.9 cm³/mol. The fourth-order valence-corrected chi connectivity index (χ4v) is 2.72. The quantitative estimate of drug-likeness (QED) is 0.630. The molecular weight excluding hydrogens is 226 g/mol. The van der Waals surface area contributed by atoms with Gasteiger partial charge in [0, 0.05) is 13.1 Å². The smallest absolute Gasteiger partial charge is 0.162 e. The summed E-state index contributed by atoms with van der Waals surface area (Å²) in [5.41, 5.74) is 6.27. The Morgan fingerprint density at radius 1 is 1.50 bits per heavy atom. The number of nitrogens with zero attached hydrogens (tertiary/aromatic N) is 3. The number of rotatable bonds is 3. The minimum atomic E-state index is 0.0515. The number of amidine groups is 1. The first-order valence-corrected chi connectivity index (χ1v) is 6.48. The Morgan fingerprint density at radius 2 is 2.28 bits per heavy atom. The van der Waals surface area contributed by atoms with Gasteiger partial charge in [-0.1, -0.05) is 19.8 Å². The van der Waals surface area contributed by atoms with Crippen molar-refractivity contribution < 1.29 is 0 Å². The molecule has 1 fully saturated rings. The Morgan fingerprint density at radius 3 is 2.94 bits per heavy atom. The molecule has 1 aliphatic rings. The number of nitrogens with one attached hydrogen (secondary N) is 1. The Balaban J connectivity index is 2.22. The number of nitrogens with two attached hydrogens (primary N) is 1. The fourth-order valence-electron chi connectivity index (χ4n) is 2.72. The molecule has 0 aromatic carbocycles. The van der Waals surface area contributed by atoms with Crippen LogP contribution in [0.3, 0.4) is 0 Å². The molecule has 1 aromatic heterocycles. The molecule has 5 nitrogen and oxygen atoms in total. The van der Waals surface area contributed by atoms with E-state index in [2.05, 4.69) is 22.0 Å². The van der Waals surface area contributed by atoms with Crippen LogP contribution in [0.5, 0.6) is 0 Å². The first-order valence-electron chi connectivity index (χ1n) is 6.48. The lowest BCUT2D eigenvalue weighted by Gasteiger charge is -2.35. The van der Waals surface area contributed by atoms with E-state index in [1.54, 1.807) is 12.3 Å². The van der Waals surface area contributed by atoms with Gasteiger partial charge in [0.05, 0.1) is 11.8 Å². The highest BCUT2D eigenvalue weighted by Gasteiger charge is 2.25. The second-order valence-corrected chi connectivity index (χ2v) is 5.22. The van der Waals surface area contributed by atoms with Gasteiger partial charge in [0.25, 0.3) is 0 Å². The van der Waals surface area contributed by atoms with E-state index < -0.39 is 0 Å². The predicted octanol–water partition coefficient (Wildman–Crippen LogP) is 1.78. The van der Waals surface area contributed by atoms with E-state index in [1.165, 1.54) is 25.7 Å². The number of aromatic nitrogens is 2. The first kappa shape index (κ1) is 12.8. The van der Waals surface area contributed by atoms with E-state index in [1.807, 2.05) is 7.05 Å². The monoisotopic (exact) mass is 247 g/mol. The van der Waals surface area contributed by atoms with Gasteiger partial charge in [0.15, 0.2) is 5.82 Å². The number of hydrogen-bond acceptors (Lipinski definition) is 4. The van der Waals surface area contributed by atoms with Crippen molar-refractivity contribution >= 4 is 11.7 Å². The maximum absolute atomic E-state index is 7.61. The van der Waals surface area contributed by atoms with Crippen LogP contribution >= 0.6 is 0 Å². The second-order valence-electron chi connectivity index (χ2n) is 5.22. The molecule has 3 N–H and O–H groups in total.